The second-order valence-corrected chi connectivity index (χ2v) is 5.59. The van der Waals surface area contributed by atoms with Crippen molar-refractivity contribution in [1.82, 2.24) is 10.6 Å². The molecule has 7 heteroatoms. The minimum absolute atomic E-state index is 0. The van der Waals surface area contributed by atoms with Crippen molar-refractivity contribution in [1.29, 1.82) is 0 Å². The number of nitrogens with one attached hydrogen (secondary N) is 2. The SMILES string of the molecule is COc1cc(F)c(C(C)NC(=O)CNCC2CC2)cc1OC.Cl. The Bertz CT molecular complexity index is 538. The Balaban J connectivity index is 0.00000264. The molecule has 0 bridgehead atoms. The van der Waals surface area contributed by atoms with E-state index in [1.807, 2.05) is 0 Å². The third-order valence-electron chi connectivity index (χ3n) is 3.76. The van der Waals surface area contributed by atoms with Gasteiger partial charge in [0.2, 0.25) is 5.91 Å². The Labute approximate surface area is 142 Å². The summed E-state index contributed by atoms with van der Waals surface area (Å²) >= 11 is 0. The number of benzene rings is 1. The largest absolute Gasteiger partial charge is 0.493 e. The molecule has 0 saturated heterocycles. The lowest BCUT2D eigenvalue weighted by molar-refractivity contribution is -0.120. The van der Waals surface area contributed by atoms with Crippen LogP contribution in [0.2, 0.25) is 0 Å². The molecule has 1 unspecified atom stereocenters. The first kappa shape index (κ1) is 19.5. The molecule has 0 aliphatic heterocycles. The van der Waals surface area contributed by atoms with Gasteiger partial charge in [-0.05, 0) is 38.3 Å². The van der Waals surface area contributed by atoms with Crippen molar-refractivity contribution in [2.75, 3.05) is 27.3 Å². The topological polar surface area (TPSA) is 59.6 Å². The summed E-state index contributed by atoms with van der Waals surface area (Å²) in [5.74, 6) is 0.896. The number of hydrogen-bond acceptors (Lipinski definition) is 4. The summed E-state index contributed by atoms with van der Waals surface area (Å²) in [5.41, 5.74) is 0.369. The molecule has 23 heavy (non-hydrogen) atoms. The molecule has 1 aromatic rings. The van der Waals surface area contributed by atoms with Crippen molar-refractivity contribution in [3.8, 4) is 11.5 Å². The first-order valence-corrected chi connectivity index (χ1v) is 7.46. The number of halogens is 2. The molecule has 1 amide bonds. The number of carbonyl (C=O) groups excluding carboxylic acids is 1. The molecule has 0 heterocycles. The Morgan fingerprint density at radius 2 is 1.91 bits per heavy atom. The van der Waals surface area contributed by atoms with Crippen LogP contribution in [0, 0.1) is 11.7 Å². The van der Waals surface area contributed by atoms with E-state index in [0.717, 1.165) is 6.54 Å². The van der Waals surface area contributed by atoms with E-state index in [2.05, 4.69) is 10.6 Å². The van der Waals surface area contributed by atoms with Gasteiger partial charge in [0.15, 0.2) is 11.5 Å². The summed E-state index contributed by atoms with van der Waals surface area (Å²) < 4.78 is 24.3. The van der Waals surface area contributed by atoms with E-state index < -0.39 is 11.9 Å². The van der Waals surface area contributed by atoms with Crippen LogP contribution in [0.3, 0.4) is 0 Å². The molecule has 1 fully saturated rings. The fraction of sp³-hybridized carbons (Fsp3) is 0.562. The van der Waals surface area contributed by atoms with Crippen LogP contribution in [0.15, 0.2) is 12.1 Å². The number of carbonyl (C=O) groups is 1. The molecular weight excluding hydrogens is 323 g/mol. The first-order valence-electron chi connectivity index (χ1n) is 7.46. The summed E-state index contributed by atoms with van der Waals surface area (Å²) in [6.07, 6.45) is 2.48. The molecule has 5 nitrogen and oxygen atoms in total. The molecule has 2 rings (SSSR count). The normalized spacial score (nSPS) is 14.6. The lowest BCUT2D eigenvalue weighted by atomic mass is 10.1. The molecule has 1 aliphatic carbocycles. The van der Waals surface area contributed by atoms with Gasteiger partial charge < -0.3 is 20.1 Å². The lowest BCUT2D eigenvalue weighted by Gasteiger charge is -2.17. The van der Waals surface area contributed by atoms with Gasteiger partial charge in [-0.15, -0.1) is 12.4 Å². The van der Waals surface area contributed by atoms with Crippen LogP contribution >= 0.6 is 12.4 Å². The fourth-order valence-corrected chi connectivity index (χ4v) is 2.28. The highest BCUT2D eigenvalue weighted by Gasteiger charge is 2.21. The fourth-order valence-electron chi connectivity index (χ4n) is 2.28. The number of hydrogen-bond donors (Lipinski definition) is 2. The Kier molecular flexibility index (Phi) is 7.58. The minimum atomic E-state index is -0.449. The summed E-state index contributed by atoms with van der Waals surface area (Å²) in [5, 5.41) is 5.89. The average Bonchev–Trinajstić information content (AvgIpc) is 3.30. The van der Waals surface area contributed by atoms with Gasteiger partial charge in [0.05, 0.1) is 26.8 Å². The van der Waals surface area contributed by atoms with Gasteiger partial charge in [0, 0.05) is 11.6 Å². The van der Waals surface area contributed by atoms with Gasteiger partial charge >= 0.3 is 0 Å². The van der Waals surface area contributed by atoms with Crippen molar-refractivity contribution >= 4 is 18.3 Å². The zero-order valence-corrected chi connectivity index (χ0v) is 14.5. The predicted molar refractivity (Wildman–Crippen MR) is 88.9 cm³/mol. The zero-order chi connectivity index (χ0) is 16.1. The molecule has 130 valence electrons. The molecule has 1 aliphatic rings. The molecule has 0 spiro atoms. The molecule has 0 radical (unpaired) electrons. The number of methoxy groups -OCH3 is 2. The Morgan fingerprint density at radius 1 is 1.30 bits per heavy atom. The molecule has 2 N–H and O–H groups in total. The lowest BCUT2D eigenvalue weighted by Crippen LogP contribution is -2.36. The maximum absolute atomic E-state index is 14.1. The second-order valence-electron chi connectivity index (χ2n) is 5.59. The van der Waals surface area contributed by atoms with E-state index in [-0.39, 0.29) is 24.9 Å². The van der Waals surface area contributed by atoms with Crippen molar-refractivity contribution < 1.29 is 18.7 Å². The monoisotopic (exact) mass is 346 g/mol. The number of ether oxygens (including phenoxy) is 2. The maximum atomic E-state index is 14.1. The van der Waals surface area contributed by atoms with Crippen molar-refractivity contribution in [2.45, 2.75) is 25.8 Å². The van der Waals surface area contributed by atoms with Gasteiger partial charge in [-0.2, -0.15) is 0 Å². The molecule has 1 saturated carbocycles. The summed E-state index contributed by atoms with van der Waals surface area (Å²) in [7, 11) is 2.94. The molecule has 1 aromatic carbocycles. The highest BCUT2D eigenvalue weighted by atomic mass is 35.5. The van der Waals surface area contributed by atoms with E-state index >= 15 is 0 Å². The van der Waals surface area contributed by atoms with Crippen LogP contribution < -0.4 is 20.1 Å². The van der Waals surface area contributed by atoms with Crippen LogP contribution in [-0.2, 0) is 4.79 Å². The van der Waals surface area contributed by atoms with E-state index in [1.54, 1.807) is 13.0 Å². The van der Waals surface area contributed by atoms with Gasteiger partial charge in [0.25, 0.3) is 0 Å². The Hall–Kier alpha value is -1.53. The molecule has 1 atom stereocenters. The zero-order valence-electron chi connectivity index (χ0n) is 13.6. The van der Waals surface area contributed by atoms with Gasteiger partial charge in [-0.3, -0.25) is 4.79 Å². The second kappa shape index (κ2) is 8.93. The smallest absolute Gasteiger partial charge is 0.234 e. The van der Waals surface area contributed by atoms with Crippen molar-refractivity contribution in [3.05, 3.63) is 23.5 Å². The highest BCUT2D eigenvalue weighted by Crippen LogP contribution is 2.32. The first-order chi connectivity index (χ1) is 10.5. The Morgan fingerprint density at radius 3 is 2.48 bits per heavy atom. The van der Waals surface area contributed by atoms with Crippen LogP contribution in [0.1, 0.15) is 31.4 Å². The highest BCUT2D eigenvalue weighted by molar-refractivity contribution is 5.85. The van der Waals surface area contributed by atoms with Crippen LogP contribution in [-0.4, -0.2) is 33.2 Å². The van der Waals surface area contributed by atoms with E-state index in [1.165, 1.54) is 33.1 Å². The van der Waals surface area contributed by atoms with Crippen LogP contribution in [0.5, 0.6) is 11.5 Å². The third-order valence-corrected chi connectivity index (χ3v) is 3.76. The third kappa shape index (κ3) is 5.55. The van der Waals surface area contributed by atoms with E-state index in [9.17, 15) is 9.18 Å². The van der Waals surface area contributed by atoms with Crippen molar-refractivity contribution in [2.24, 2.45) is 5.92 Å². The standard InChI is InChI=1S/C16H23FN2O3.ClH/c1-10(19-16(20)9-18-8-11-4-5-11)12-6-14(21-2)15(22-3)7-13(12)17;/h6-7,10-11,18H,4-5,8-9H2,1-3H3,(H,19,20);1H. The van der Waals surface area contributed by atoms with Gasteiger partial charge in [-0.1, -0.05) is 0 Å². The van der Waals surface area contributed by atoms with Crippen molar-refractivity contribution in [3.63, 3.8) is 0 Å². The average molecular weight is 347 g/mol. The van der Waals surface area contributed by atoms with Gasteiger partial charge in [-0.25, -0.2) is 4.39 Å². The summed E-state index contributed by atoms with van der Waals surface area (Å²) in [4.78, 5) is 11.9. The van der Waals surface area contributed by atoms with E-state index in [4.69, 9.17) is 9.47 Å². The van der Waals surface area contributed by atoms with Gasteiger partial charge in [0.1, 0.15) is 5.82 Å². The van der Waals surface area contributed by atoms with E-state index in [0.29, 0.717) is 23.0 Å². The molecule has 0 aromatic heterocycles. The maximum Gasteiger partial charge on any atom is 0.234 e. The van der Waals surface area contributed by atoms with Crippen LogP contribution in [0.25, 0.3) is 0 Å². The predicted octanol–water partition coefficient (Wildman–Crippen LogP) is 2.44. The number of rotatable bonds is 8. The quantitative estimate of drug-likeness (QED) is 0.759. The summed E-state index contributed by atoms with van der Waals surface area (Å²) in [6.45, 7) is 2.85. The molecular formula is C16H24ClFN2O3. The number of amides is 1. The van der Waals surface area contributed by atoms with Crippen LogP contribution in [0.4, 0.5) is 4.39 Å². The summed E-state index contributed by atoms with van der Waals surface area (Å²) in [6, 6.07) is 2.37. The minimum Gasteiger partial charge on any atom is -0.493 e.